The van der Waals surface area contributed by atoms with E-state index in [2.05, 4.69) is 5.10 Å². The summed E-state index contributed by atoms with van der Waals surface area (Å²) in [5, 5.41) is 4.38. The summed E-state index contributed by atoms with van der Waals surface area (Å²) < 4.78 is 7.20. The van der Waals surface area contributed by atoms with Gasteiger partial charge in [0.05, 0.1) is 18.5 Å². The molecule has 2 aromatic heterocycles. The number of aryl methyl sites for hydroxylation is 2. The van der Waals surface area contributed by atoms with Crippen LogP contribution in [0.4, 0.5) is 0 Å². The summed E-state index contributed by atoms with van der Waals surface area (Å²) in [6.45, 7) is 4.45. The molecule has 0 radical (unpaired) electrons. The molecule has 0 aliphatic carbocycles. The van der Waals surface area contributed by atoms with E-state index in [1.54, 1.807) is 6.26 Å². The second-order valence-corrected chi connectivity index (χ2v) is 3.63. The lowest BCUT2D eigenvalue weighted by atomic mass is 10.0. The van der Waals surface area contributed by atoms with E-state index in [0.717, 1.165) is 28.3 Å². The van der Waals surface area contributed by atoms with Crippen LogP contribution in [0, 0.1) is 13.8 Å². The molecular formula is C11H15N3O. The van der Waals surface area contributed by atoms with E-state index in [9.17, 15) is 0 Å². The maximum Gasteiger partial charge on any atom is 0.125 e. The van der Waals surface area contributed by atoms with Crippen molar-refractivity contribution < 1.29 is 4.42 Å². The molecule has 4 nitrogen and oxygen atoms in total. The molecule has 0 atom stereocenters. The zero-order valence-electron chi connectivity index (χ0n) is 9.24. The van der Waals surface area contributed by atoms with Crippen molar-refractivity contribution in [2.75, 3.05) is 0 Å². The third-order valence-corrected chi connectivity index (χ3v) is 2.71. The van der Waals surface area contributed by atoms with E-state index in [4.69, 9.17) is 10.2 Å². The second kappa shape index (κ2) is 3.55. The van der Waals surface area contributed by atoms with Gasteiger partial charge in [-0.1, -0.05) is 0 Å². The minimum atomic E-state index is 0.413. The first-order valence-electron chi connectivity index (χ1n) is 4.92. The monoisotopic (exact) mass is 205 g/mol. The molecule has 2 rings (SSSR count). The molecule has 0 spiro atoms. The van der Waals surface area contributed by atoms with Gasteiger partial charge in [-0.3, -0.25) is 4.68 Å². The Bertz CT molecular complexity index is 482. The molecule has 2 N–H and O–H groups in total. The Balaban J connectivity index is 2.63. The molecule has 0 fully saturated rings. The largest absolute Gasteiger partial charge is 0.467 e. The average molecular weight is 205 g/mol. The van der Waals surface area contributed by atoms with Gasteiger partial charge in [-0.2, -0.15) is 5.10 Å². The predicted octanol–water partition coefficient (Wildman–Crippen LogP) is 1.76. The quantitative estimate of drug-likeness (QED) is 0.812. The maximum absolute atomic E-state index is 5.62. The van der Waals surface area contributed by atoms with E-state index in [1.165, 1.54) is 0 Å². The number of nitrogens with zero attached hydrogens (tertiary/aromatic N) is 2. The van der Waals surface area contributed by atoms with Crippen molar-refractivity contribution in [3.63, 3.8) is 0 Å². The Morgan fingerprint density at radius 1 is 1.47 bits per heavy atom. The first-order chi connectivity index (χ1) is 7.15. The average Bonchev–Trinajstić information content (AvgIpc) is 2.73. The van der Waals surface area contributed by atoms with Gasteiger partial charge in [-0.05, 0) is 19.9 Å². The Morgan fingerprint density at radius 3 is 2.73 bits per heavy atom. The normalized spacial score (nSPS) is 10.9. The summed E-state index contributed by atoms with van der Waals surface area (Å²) in [4.78, 5) is 0. The molecule has 80 valence electrons. The minimum Gasteiger partial charge on any atom is -0.467 e. The third-order valence-electron chi connectivity index (χ3n) is 2.71. The van der Waals surface area contributed by atoms with Crippen LogP contribution in [0.5, 0.6) is 0 Å². The summed E-state index contributed by atoms with van der Waals surface area (Å²) in [6, 6.07) is 1.94. The molecule has 2 aromatic rings. The van der Waals surface area contributed by atoms with Gasteiger partial charge in [0.15, 0.2) is 0 Å². The van der Waals surface area contributed by atoms with Crippen LogP contribution in [0.1, 0.15) is 17.1 Å². The first-order valence-corrected chi connectivity index (χ1v) is 4.92. The second-order valence-electron chi connectivity index (χ2n) is 3.63. The van der Waals surface area contributed by atoms with Crippen molar-refractivity contribution in [2.24, 2.45) is 12.8 Å². The summed E-state index contributed by atoms with van der Waals surface area (Å²) in [5.41, 5.74) is 9.94. The van der Waals surface area contributed by atoms with Crippen molar-refractivity contribution in [3.8, 4) is 11.1 Å². The van der Waals surface area contributed by atoms with Crippen molar-refractivity contribution in [3.05, 3.63) is 29.5 Å². The van der Waals surface area contributed by atoms with Gasteiger partial charge in [0.1, 0.15) is 5.76 Å². The zero-order valence-corrected chi connectivity index (χ0v) is 9.24. The Labute approximate surface area is 88.7 Å². The Hall–Kier alpha value is -1.55. The highest BCUT2D eigenvalue weighted by Crippen LogP contribution is 2.30. The highest BCUT2D eigenvalue weighted by Gasteiger charge is 2.16. The van der Waals surface area contributed by atoms with Gasteiger partial charge in [-0.15, -0.1) is 0 Å². The molecule has 0 aliphatic rings. The van der Waals surface area contributed by atoms with E-state index >= 15 is 0 Å². The van der Waals surface area contributed by atoms with Crippen LogP contribution in [-0.2, 0) is 13.6 Å². The fourth-order valence-electron chi connectivity index (χ4n) is 1.88. The lowest BCUT2D eigenvalue weighted by Crippen LogP contribution is -1.97. The van der Waals surface area contributed by atoms with Crippen LogP contribution in [0.2, 0.25) is 0 Å². The highest BCUT2D eigenvalue weighted by atomic mass is 16.3. The zero-order chi connectivity index (χ0) is 11.0. The predicted molar refractivity (Wildman–Crippen MR) is 58.3 cm³/mol. The first kappa shape index (κ1) is 9.98. The molecule has 0 amide bonds. The SMILES string of the molecule is Cc1nn(C)c(C)c1-c1ccoc1CN. The summed E-state index contributed by atoms with van der Waals surface area (Å²) in [6.07, 6.45) is 1.67. The lowest BCUT2D eigenvalue weighted by Gasteiger charge is -2.01. The molecule has 0 aliphatic heterocycles. The molecule has 2 heterocycles. The summed E-state index contributed by atoms with van der Waals surface area (Å²) in [7, 11) is 1.94. The maximum atomic E-state index is 5.62. The van der Waals surface area contributed by atoms with E-state index < -0.39 is 0 Å². The van der Waals surface area contributed by atoms with Gasteiger partial charge in [0, 0.05) is 23.9 Å². The van der Waals surface area contributed by atoms with Crippen LogP contribution in [0.15, 0.2) is 16.7 Å². The number of aromatic nitrogens is 2. The number of hydrogen-bond acceptors (Lipinski definition) is 3. The molecule has 0 unspecified atom stereocenters. The highest BCUT2D eigenvalue weighted by molar-refractivity contribution is 5.70. The Morgan fingerprint density at radius 2 is 2.20 bits per heavy atom. The van der Waals surface area contributed by atoms with Gasteiger partial charge < -0.3 is 10.2 Å². The molecule has 0 saturated carbocycles. The standard InChI is InChI=1S/C11H15N3O/c1-7-11(8(2)14(3)13-7)9-4-5-15-10(9)6-12/h4-5H,6,12H2,1-3H3. The molecular weight excluding hydrogens is 190 g/mol. The molecule has 15 heavy (non-hydrogen) atoms. The van der Waals surface area contributed by atoms with E-state index in [0.29, 0.717) is 6.54 Å². The van der Waals surface area contributed by atoms with Crippen molar-refractivity contribution in [2.45, 2.75) is 20.4 Å². The number of nitrogens with two attached hydrogens (primary N) is 1. The molecule has 4 heteroatoms. The molecule has 0 aromatic carbocycles. The van der Waals surface area contributed by atoms with Crippen molar-refractivity contribution in [1.29, 1.82) is 0 Å². The lowest BCUT2D eigenvalue weighted by molar-refractivity contribution is 0.513. The topological polar surface area (TPSA) is 57.0 Å². The third kappa shape index (κ3) is 1.47. The van der Waals surface area contributed by atoms with Gasteiger partial charge in [0.2, 0.25) is 0 Å². The number of rotatable bonds is 2. The van der Waals surface area contributed by atoms with Crippen molar-refractivity contribution >= 4 is 0 Å². The summed E-state index contributed by atoms with van der Waals surface area (Å²) >= 11 is 0. The number of furan rings is 1. The van der Waals surface area contributed by atoms with E-state index in [-0.39, 0.29) is 0 Å². The van der Waals surface area contributed by atoms with Crippen LogP contribution in [0.25, 0.3) is 11.1 Å². The van der Waals surface area contributed by atoms with Gasteiger partial charge >= 0.3 is 0 Å². The van der Waals surface area contributed by atoms with Crippen LogP contribution in [0.3, 0.4) is 0 Å². The fraction of sp³-hybridized carbons (Fsp3) is 0.364. The smallest absolute Gasteiger partial charge is 0.125 e. The molecule has 0 saturated heterocycles. The van der Waals surface area contributed by atoms with E-state index in [1.807, 2.05) is 31.6 Å². The van der Waals surface area contributed by atoms with Crippen LogP contribution >= 0.6 is 0 Å². The van der Waals surface area contributed by atoms with Crippen molar-refractivity contribution in [1.82, 2.24) is 9.78 Å². The van der Waals surface area contributed by atoms with Gasteiger partial charge in [-0.25, -0.2) is 0 Å². The minimum absolute atomic E-state index is 0.413. The fourth-order valence-corrected chi connectivity index (χ4v) is 1.88. The van der Waals surface area contributed by atoms with Gasteiger partial charge in [0.25, 0.3) is 0 Å². The van der Waals surface area contributed by atoms with Crippen LogP contribution in [-0.4, -0.2) is 9.78 Å². The Kier molecular flexibility index (Phi) is 2.36. The van der Waals surface area contributed by atoms with Crippen LogP contribution < -0.4 is 5.73 Å². The summed E-state index contributed by atoms with van der Waals surface area (Å²) in [5.74, 6) is 0.814. The molecule has 0 bridgehead atoms. The number of hydrogen-bond donors (Lipinski definition) is 1.